The van der Waals surface area contributed by atoms with Crippen molar-refractivity contribution in [1.29, 1.82) is 0 Å². The van der Waals surface area contributed by atoms with Gasteiger partial charge in [0.2, 0.25) is 11.8 Å². The van der Waals surface area contributed by atoms with Crippen molar-refractivity contribution in [3.63, 3.8) is 0 Å². The molecule has 13 rings (SSSR count). The Morgan fingerprint density at radius 2 is 1.07 bits per heavy atom. The summed E-state index contributed by atoms with van der Waals surface area (Å²) in [5.74, 6) is 3.80. The summed E-state index contributed by atoms with van der Waals surface area (Å²) in [5, 5.41) is 5.70. The van der Waals surface area contributed by atoms with Gasteiger partial charge in [-0.2, -0.15) is 23.5 Å². The molecule has 6 aliphatic carbocycles. The number of thioether (sulfide) groups is 2. The highest BCUT2D eigenvalue weighted by Crippen LogP contribution is 2.48. The van der Waals surface area contributed by atoms with Gasteiger partial charge in [-0.1, -0.05) is 80.3 Å². The molecule has 8 aliphatic rings. The second-order valence-corrected chi connectivity index (χ2v) is 23.1. The maximum atomic E-state index is 14.5. The molecular weight excluding hydrogens is 969 g/mol. The number of benzene rings is 3. The molecule has 3 aromatic carbocycles. The molecule has 392 valence electrons. The van der Waals surface area contributed by atoms with Crippen LogP contribution in [0.1, 0.15) is 123 Å². The van der Waals surface area contributed by atoms with Gasteiger partial charge in [0.1, 0.15) is 23.7 Å². The Bertz CT molecular complexity index is 2800. The number of carbonyl (C=O) groups excluding carboxylic acids is 4. The van der Waals surface area contributed by atoms with Crippen LogP contribution >= 0.6 is 23.5 Å². The zero-order valence-corrected chi connectivity index (χ0v) is 45.0. The number of rotatable bonds is 15. The second-order valence-electron chi connectivity index (χ2n) is 21.1. The minimum absolute atomic E-state index is 0.0466. The number of nitrogens with one attached hydrogen (secondary N) is 4. The van der Waals surface area contributed by atoms with Crippen LogP contribution in [0.25, 0.3) is 33.6 Å². The fourth-order valence-electron chi connectivity index (χ4n) is 13.0. The summed E-state index contributed by atoms with van der Waals surface area (Å²) in [7, 11) is 2.68. The summed E-state index contributed by atoms with van der Waals surface area (Å²) in [6.45, 7) is 0. The standard InChI is InChI=1S/C58H72N8O6S2/c1-71-57(69)63-45(25-27-73-3)55(67)65-49-11-7-5-9-41(49)31-51(65)53-59-33-47(61-53)40-23-21-38(22-24-40)43-29-35-13-17-37(43)18-14-36-16-20-39(19-15-35)44(30-36)48-34-60-54(62-48)52-32-42-10-6-8-12-50(42)66(52)56(68)46(26-28-74-4)64-58(70)72-2/h13,16-17,20-24,29-30,33-34,41-42,45-46,49-52H,5-12,14-15,18-19,25-28,31-32H2,1-4H3,(H,59,61)(H,60,62)(H,63,69)(H,64,70)/t41?,42?,45?,46-,49?,50?,51-,52-/m0/s1. The number of aryl methyl sites for hydroxylation is 4. The van der Waals surface area contributed by atoms with Crippen LogP contribution < -0.4 is 10.6 Å². The van der Waals surface area contributed by atoms with Crippen molar-refractivity contribution in [2.45, 2.75) is 139 Å². The Balaban J connectivity index is 0.858. The van der Waals surface area contributed by atoms with Crippen LogP contribution in [0.3, 0.4) is 0 Å². The number of amides is 4. The quantitative estimate of drug-likeness (QED) is 0.0790. The summed E-state index contributed by atoms with van der Waals surface area (Å²) < 4.78 is 9.89. The first-order valence-corrected chi connectivity index (χ1v) is 29.7. The van der Waals surface area contributed by atoms with Crippen molar-refractivity contribution < 1.29 is 28.7 Å². The molecular formula is C58H72N8O6S2. The third-order valence-corrected chi connectivity index (χ3v) is 18.1. The Hall–Kier alpha value is -5.74. The predicted molar refractivity (Wildman–Crippen MR) is 293 cm³/mol. The number of hydrogen-bond donors (Lipinski definition) is 4. The molecule has 4 bridgehead atoms. The minimum atomic E-state index is -0.661. The monoisotopic (exact) mass is 1040 g/mol. The average molecular weight is 1040 g/mol. The van der Waals surface area contributed by atoms with E-state index in [-0.39, 0.29) is 36.0 Å². The van der Waals surface area contributed by atoms with Crippen molar-refractivity contribution >= 4 is 47.5 Å². The number of H-pyrrole nitrogens is 2. The largest absolute Gasteiger partial charge is 0.453 e. The number of aromatic amines is 2. The lowest BCUT2D eigenvalue weighted by atomic mass is 9.84. The van der Waals surface area contributed by atoms with Crippen molar-refractivity contribution in [2.75, 3.05) is 38.2 Å². The second kappa shape index (κ2) is 23.4. The number of alkyl carbamates (subject to hydrolysis) is 2. The molecule has 2 aliphatic heterocycles. The van der Waals surface area contributed by atoms with Gasteiger partial charge in [-0.05, 0) is 158 Å². The Kier molecular flexibility index (Phi) is 16.4. The van der Waals surface area contributed by atoms with Crippen molar-refractivity contribution in [3.05, 3.63) is 107 Å². The first-order chi connectivity index (χ1) is 36.1. The molecule has 0 spiro atoms. The molecule has 4 heterocycles. The van der Waals surface area contributed by atoms with Crippen LogP contribution in [0.2, 0.25) is 0 Å². The van der Waals surface area contributed by atoms with E-state index in [1.807, 2.05) is 29.8 Å². The SMILES string of the molecule is COC(=O)NC(CCSC)C(=O)N1C2CCCCC2C[C@H]1c1ncc(-c2ccc(-c3cc4ccc3CCc3ccc(c(-c5cnc([C@@H]6CC7CCCCC7N6C(=O)[C@H](CCSC)NC(=O)OC)[nH]5)c3)CC4)cc2)[nH]1. The molecule has 2 saturated carbocycles. The zero-order chi connectivity index (χ0) is 51.3. The smallest absolute Gasteiger partial charge is 0.407 e. The van der Waals surface area contributed by atoms with Crippen molar-refractivity contribution in [3.8, 4) is 33.6 Å². The molecule has 0 radical (unpaired) electrons. The molecule has 74 heavy (non-hydrogen) atoms. The van der Waals surface area contributed by atoms with Crippen molar-refractivity contribution in [2.24, 2.45) is 11.8 Å². The molecule has 14 nitrogen and oxygen atoms in total. The van der Waals surface area contributed by atoms with Gasteiger partial charge < -0.3 is 39.9 Å². The highest BCUT2D eigenvalue weighted by Gasteiger charge is 2.49. The van der Waals surface area contributed by atoms with Gasteiger partial charge in [0.15, 0.2) is 0 Å². The molecule has 4 amide bonds. The van der Waals surface area contributed by atoms with Crippen LogP contribution in [0.4, 0.5) is 9.59 Å². The Morgan fingerprint density at radius 3 is 1.58 bits per heavy atom. The molecule has 16 heteroatoms. The van der Waals surface area contributed by atoms with Gasteiger partial charge in [-0.3, -0.25) is 9.59 Å². The molecule has 4 N–H and O–H groups in total. The highest BCUT2D eigenvalue weighted by molar-refractivity contribution is 7.98. The molecule has 2 saturated heterocycles. The number of ether oxygens (including phenoxy) is 2. The number of imidazole rings is 2. The van der Waals surface area contributed by atoms with Crippen LogP contribution in [-0.2, 0) is 44.7 Å². The predicted octanol–water partition coefficient (Wildman–Crippen LogP) is 10.6. The van der Waals surface area contributed by atoms with E-state index in [1.54, 1.807) is 23.5 Å². The normalized spacial score (nSPS) is 23.0. The first kappa shape index (κ1) is 51.7. The number of likely N-dealkylation sites (tertiary alicyclic amines) is 2. The third kappa shape index (κ3) is 11.0. The van der Waals surface area contributed by atoms with E-state index in [2.05, 4.69) is 86.2 Å². The molecule has 2 aromatic heterocycles. The highest BCUT2D eigenvalue weighted by atomic mass is 32.2. The summed E-state index contributed by atoms with van der Waals surface area (Å²) in [5.41, 5.74) is 11.6. The maximum Gasteiger partial charge on any atom is 0.407 e. The number of aromatic nitrogens is 4. The summed E-state index contributed by atoms with van der Waals surface area (Å²) in [6, 6.07) is 21.2. The van der Waals surface area contributed by atoms with Gasteiger partial charge in [0.05, 0.1) is 50.1 Å². The van der Waals surface area contributed by atoms with E-state index in [0.717, 1.165) is 123 Å². The number of fused-ring (bicyclic) bond motifs is 2. The summed E-state index contributed by atoms with van der Waals surface area (Å²) >= 11 is 3.32. The Labute approximate surface area is 444 Å². The maximum absolute atomic E-state index is 14.5. The number of methoxy groups -OCH3 is 2. The van der Waals surface area contributed by atoms with Gasteiger partial charge >= 0.3 is 12.2 Å². The van der Waals surface area contributed by atoms with Crippen LogP contribution in [0.5, 0.6) is 0 Å². The fraction of sp³-hybridized carbons (Fsp3) is 0.517. The van der Waals surface area contributed by atoms with Gasteiger partial charge in [-0.15, -0.1) is 0 Å². The zero-order valence-electron chi connectivity index (χ0n) is 43.3. The average Bonchev–Trinajstić information content (AvgIpc) is 4.28. The fourth-order valence-corrected chi connectivity index (χ4v) is 13.9. The van der Waals surface area contributed by atoms with Gasteiger partial charge in [-0.25, -0.2) is 19.6 Å². The summed E-state index contributed by atoms with van der Waals surface area (Å²) in [4.78, 5) is 75.3. The van der Waals surface area contributed by atoms with Crippen LogP contribution in [-0.4, -0.2) is 116 Å². The van der Waals surface area contributed by atoms with E-state index in [4.69, 9.17) is 19.4 Å². The molecule has 4 fully saturated rings. The number of carbonyl (C=O) groups is 4. The lowest BCUT2D eigenvalue weighted by molar-refractivity contribution is -0.138. The topological polar surface area (TPSA) is 175 Å². The molecule has 5 unspecified atom stereocenters. The van der Waals surface area contributed by atoms with E-state index in [1.165, 1.54) is 60.4 Å². The number of nitrogens with zero attached hydrogens (tertiary/aromatic N) is 4. The number of hydrogen-bond acceptors (Lipinski definition) is 10. The Morgan fingerprint density at radius 1 is 0.608 bits per heavy atom. The minimum Gasteiger partial charge on any atom is -0.453 e. The van der Waals surface area contributed by atoms with E-state index in [0.29, 0.717) is 24.7 Å². The first-order valence-electron chi connectivity index (χ1n) is 26.9. The van der Waals surface area contributed by atoms with Gasteiger partial charge in [0.25, 0.3) is 0 Å². The molecule has 5 aromatic rings. The lowest BCUT2D eigenvalue weighted by Crippen LogP contribution is -2.52. The summed E-state index contributed by atoms with van der Waals surface area (Å²) in [6.07, 6.45) is 21.6. The van der Waals surface area contributed by atoms with E-state index >= 15 is 0 Å². The van der Waals surface area contributed by atoms with Crippen molar-refractivity contribution in [1.82, 2.24) is 40.4 Å². The van der Waals surface area contributed by atoms with E-state index in [9.17, 15) is 19.2 Å². The lowest BCUT2D eigenvalue weighted by Gasteiger charge is -2.36. The van der Waals surface area contributed by atoms with E-state index < -0.39 is 24.3 Å². The van der Waals surface area contributed by atoms with Crippen LogP contribution in [0.15, 0.2) is 73.1 Å². The molecule has 8 atom stereocenters. The third-order valence-electron chi connectivity index (χ3n) is 16.8. The van der Waals surface area contributed by atoms with Crippen LogP contribution in [0, 0.1) is 11.8 Å². The van der Waals surface area contributed by atoms with Gasteiger partial charge in [0, 0.05) is 17.6 Å².